The first-order chi connectivity index (χ1) is 30.0. The van der Waals surface area contributed by atoms with E-state index in [4.69, 9.17) is 9.47 Å². The van der Waals surface area contributed by atoms with Gasteiger partial charge in [-0.15, -0.1) is 0 Å². The number of fused-ring (bicyclic) bond motifs is 1. The van der Waals surface area contributed by atoms with Crippen molar-refractivity contribution in [3.05, 3.63) is 154 Å². The molecule has 0 unspecified atom stereocenters. The van der Waals surface area contributed by atoms with E-state index in [0.717, 1.165) is 45.5 Å². The van der Waals surface area contributed by atoms with E-state index in [-0.39, 0.29) is 35.0 Å². The summed E-state index contributed by atoms with van der Waals surface area (Å²) in [6.45, 7) is -1.57. The van der Waals surface area contributed by atoms with E-state index in [1.165, 1.54) is 44.2 Å². The molecular formula is C45H41F5N6O7. The first kappa shape index (κ1) is 45.0. The van der Waals surface area contributed by atoms with Crippen molar-refractivity contribution in [2.75, 3.05) is 38.1 Å². The molecule has 4 amide bonds. The molecule has 1 aromatic heterocycles. The summed E-state index contributed by atoms with van der Waals surface area (Å²) in [5.74, 6) is -6.66. The summed E-state index contributed by atoms with van der Waals surface area (Å²) in [7, 11) is 5.78. The summed E-state index contributed by atoms with van der Waals surface area (Å²) < 4.78 is 83.8. The Kier molecular flexibility index (Phi) is 13.9. The molecule has 0 aliphatic carbocycles. The number of nitrogens with zero attached hydrogens (tertiary/aromatic N) is 4. The number of aromatic nitrogens is 2. The van der Waals surface area contributed by atoms with Gasteiger partial charge in [0.25, 0.3) is 0 Å². The van der Waals surface area contributed by atoms with Crippen molar-refractivity contribution in [1.82, 2.24) is 19.8 Å². The number of imidazole rings is 1. The number of nitrogens with one attached hydrogen (secondary N) is 2. The van der Waals surface area contributed by atoms with Gasteiger partial charge in [0.05, 0.1) is 25.3 Å². The third kappa shape index (κ3) is 10.9. The summed E-state index contributed by atoms with van der Waals surface area (Å²) in [5, 5.41) is 5.09. The van der Waals surface area contributed by atoms with Gasteiger partial charge >= 0.3 is 5.69 Å². The van der Waals surface area contributed by atoms with Crippen LogP contribution in [0, 0.1) is 29.1 Å². The predicted molar refractivity (Wildman–Crippen MR) is 223 cm³/mol. The fourth-order valence-corrected chi connectivity index (χ4v) is 7.03. The van der Waals surface area contributed by atoms with Gasteiger partial charge in [0.15, 0.2) is 0 Å². The van der Waals surface area contributed by atoms with Crippen LogP contribution < -0.4 is 35.6 Å². The van der Waals surface area contributed by atoms with Crippen LogP contribution in [0.3, 0.4) is 0 Å². The van der Waals surface area contributed by atoms with Crippen molar-refractivity contribution >= 4 is 46.0 Å². The third-order valence-corrected chi connectivity index (χ3v) is 10.2. The highest BCUT2D eigenvalue weighted by molar-refractivity contribution is 6.00. The van der Waals surface area contributed by atoms with Gasteiger partial charge in [0.1, 0.15) is 65.8 Å². The second kappa shape index (κ2) is 19.5. The van der Waals surface area contributed by atoms with Crippen LogP contribution in [0.15, 0.2) is 108 Å². The van der Waals surface area contributed by atoms with Gasteiger partial charge in [-0.3, -0.25) is 28.3 Å². The minimum atomic E-state index is -1.44. The van der Waals surface area contributed by atoms with E-state index in [9.17, 15) is 45.9 Å². The summed E-state index contributed by atoms with van der Waals surface area (Å²) in [4.78, 5) is 71.8. The molecule has 0 saturated heterocycles. The standard InChI is InChI=1S/C45H41F5N6O7/c1-53(33-6-10-35(62-3)11-7-33)43(59)37(19-26-15-29(47)21-30(48)16-26)51-41(57)24-55-39-14-5-28(46)23-40(39)56(45(55)61)25-42(58)52-38(20-27-17-31(49)22-32(50)18-27)44(60)54(2)34-8-12-36(63-4)13-9-34/h5-18,21-23,37-38H,19-20,24-25H2,1-4H3,(H,51,57)(H,52,58)/t37-,38-/m0/s1. The number of methoxy groups -OCH3 is 2. The van der Waals surface area contributed by atoms with Crippen molar-refractivity contribution in [3.63, 3.8) is 0 Å². The molecule has 1 heterocycles. The number of hydrogen-bond donors (Lipinski definition) is 2. The lowest BCUT2D eigenvalue weighted by atomic mass is 10.0. The summed E-state index contributed by atoms with van der Waals surface area (Å²) in [6.07, 6.45) is -0.737. The average Bonchev–Trinajstić information content (AvgIpc) is 3.49. The van der Waals surface area contributed by atoms with E-state index >= 15 is 0 Å². The molecule has 63 heavy (non-hydrogen) atoms. The third-order valence-electron chi connectivity index (χ3n) is 10.2. The van der Waals surface area contributed by atoms with Gasteiger partial charge in [-0.25, -0.2) is 26.7 Å². The highest BCUT2D eigenvalue weighted by Crippen LogP contribution is 2.22. The number of carbonyl (C=O) groups excluding carboxylic acids is 4. The monoisotopic (exact) mass is 872 g/mol. The Morgan fingerprint density at radius 2 is 0.921 bits per heavy atom. The Bertz CT molecular complexity index is 2680. The van der Waals surface area contributed by atoms with Crippen molar-refractivity contribution in [1.29, 1.82) is 0 Å². The van der Waals surface area contributed by atoms with Crippen LogP contribution in [-0.2, 0) is 45.1 Å². The molecule has 0 bridgehead atoms. The normalized spacial score (nSPS) is 12.0. The molecule has 328 valence electrons. The molecular weight excluding hydrogens is 832 g/mol. The number of hydrogen-bond acceptors (Lipinski definition) is 7. The predicted octanol–water partition coefficient (Wildman–Crippen LogP) is 5.30. The quantitative estimate of drug-likeness (QED) is 0.126. The van der Waals surface area contributed by atoms with Crippen molar-refractivity contribution in [2.45, 2.75) is 38.0 Å². The molecule has 0 radical (unpaired) electrons. The first-order valence-corrected chi connectivity index (χ1v) is 19.2. The Balaban J connectivity index is 1.27. The molecule has 0 saturated carbocycles. The Morgan fingerprint density at radius 3 is 1.30 bits per heavy atom. The van der Waals surface area contributed by atoms with Crippen LogP contribution in [0.4, 0.5) is 33.3 Å². The molecule has 6 aromatic rings. The summed E-state index contributed by atoms with van der Waals surface area (Å²) in [5.41, 5.74) is -0.212. The van der Waals surface area contributed by atoms with E-state index in [1.54, 1.807) is 48.5 Å². The lowest BCUT2D eigenvalue weighted by Gasteiger charge is -2.25. The smallest absolute Gasteiger partial charge is 0.330 e. The van der Waals surface area contributed by atoms with Crippen molar-refractivity contribution in [2.24, 2.45) is 0 Å². The molecule has 0 aliphatic rings. The van der Waals surface area contributed by atoms with Gasteiger partial charge in [-0.1, -0.05) is 0 Å². The molecule has 0 fully saturated rings. The van der Waals surface area contributed by atoms with Crippen LogP contribution in [0.1, 0.15) is 11.1 Å². The minimum absolute atomic E-state index is 0.0110. The van der Waals surface area contributed by atoms with Crippen molar-refractivity contribution in [3.8, 4) is 11.5 Å². The Morgan fingerprint density at radius 1 is 0.540 bits per heavy atom. The topological polar surface area (TPSA) is 144 Å². The number of amides is 4. The van der Waals surface area contributed by atoms with E-state index < -0.39 is 83.6 Å². The minimum Gasteiger partial charge on any atom is -0.497 e. The van der Waals surface area contributed by atoms with Crippen LogP contribution in [0.25, 0.3) is 11.0 Å². The van der Waals surface area contributed by atoms with E-state index in [1.807, 2.05) is 0 Å². The molecule has 5 aromatic carbocycles. The zero-order chi connectivity index (χ0) is 45.5. The van der Waals surface area contributed by atoms with Crippen LogP contribution in [-0.4, -0.2) is 73.2 Å². The number of anilines is 2. The number of halogens is 5. The van der Waals surface area contributed by atoms with E-state index in [0.29, 0.717) is 35.0 Å². The number of benzene rings is 5. The largest absolute Gasteiger partial charge is 0.497 e. The van der Waals surface area contributed by atoms with Gasteiger partial charge < -0.3 is 29.9 Å². The number of carbonyl (C=O) groups is 4. The van der Waals surface area contributed by atoms with Gasteiger partial charge in [-0.05, 0) is 102 Å². The zero-order valence-corrected chi connectivity index (χ0v) is 34.3. The summed E-state index contributed by atoms with van der Waals surface area (Å²) in [6, 6.07) is 18.4. The number of likely N-dealkylation sites (N-methyl/N-ethyl adjacent to an activating group) is 2. The van der Waals surface area contributed by atoms with Crippen LogP contribution in [0.2, 0.25) is 0 Å². The summed E-state index contributed by atoms with van der Waals surface area (Å²) >= 11 is 0. The fraction of sp³-hybridized carbons (Fsp3) is 0.222. The fourth-order valence-electron chi connectivity index (χ4n) is 7.03. The Labute approximate surface area is 357 Å². The number of rotatable bonds is 16. The first-order valence-electron chi connectivity index (χ1n) is 19.2. The highest BCUT2D eigenvalue weighted by atomic mass is 19.1. The van der Waals surface area contributed by atoms with Gasteiger partial charge in [-0.2, -0.15) is 0 Å². The molecule has 0 spiro atoms. The zero-order valence-electron chi connectivity index (χ0n) is 34.3. The molecule has 0 aliphatic heterocycles. The SMILES string of the molecule is COc1ccc(N(C)C(=O)[C@H](Cc2cc(F)cc(F)c2)NC(=O)Cn2c(=O)n(CC(=O)N[C@@H](Cc3cc(F)cc(F)c3)C(=O)N(C)c3ccc(OC)cc3)c3cc(F)ccc32)cc1. The molecule has 2 N–H and O–H groups in total. The lowest BCUT2D eigenvalue weighted by molar-refractivity contribution is -0.128. The average molecular weight is 873 g/mol. The highest BCUT2D eigenvalue weighted by Gasteiger charge is 2.29. The number of ether oxygens (including phenoxy) is 2. The van der Waals surface area contributed by atoms with Crippen LogP contribution >= 0.6 is 0 Å². The Hall–Kier alpha value is -7.50. The maximum Gasteiger partial charge on any atom is 0.330 e. The molecule has 18 heteroatoms. The van der Waals surface area contributed by atoms with Gasteiger partial charge in [0, 0.05) is 50.4 Å². The molecule has 2 atom stereocenters. The molecule has 6 rings (SSSR count). The maximum atomic E-state index is 14.7. The van der Waals surface area contributed by atoms with Crippen LogP contribution in [0.5, 0.6) is 11.5 Å². The second-order valence-electron chi connectivity index (χ2n) is 14.5. The van der Waals surface area contributed by atoms with Gasteiger partial charge in [0.2, 0.25) is 23.6 Å². The lowest BCUT2D eigenvalue weighted by Crippen LogP contribution is -2.50. The second-order valence-corrected chi connectivity index (χ2v) is 14.5. The van der Waals surface area contributed by atoms with E-state index in [2.05, 4.69) is 10.6 Å². The van der Waals surface area contributed by atoms with Crippen molar-refractivity contribution < 1.29 is 50.6 Å². The molecule has 13 nitrogen and oxygen atoms in total. The maximum absolute atomic E-state index is 14.7.